The van der Waals surface area contributed by atoms with Crippen LogP contribution < -0.4 is 19.1 Å². The lowest BCUT2D eigenvalue weighted by atomic mass is 10.1. The van der Waals surface area contributed by atoms with Crippen LogP contribution >= 0.6 is 11.6 Å². The molecular weight excluding hydrogens is 590 g/mol. The summed E-state index contributed by atoms with van der Waals surface area (Å²) in [5, 5.41) is 3.50. The molecule has 11 heteroatoms. The van der Waals surface area contributed by atoms with E-state index in [1.54, 1.807) is 55.5 Å². The molecule has 9 nitrogen and oxygen atoms in total. The van der Waals surface area contributed by atoms with Crippen LogP contribution in [0.3, 0.4) is 0 Å². The van der Waals surface area contributed by atoms with Crippen molar-refractivity contribution in [3.8, 4) is 11.5 Å². The number of rotatable bonds is 12. The molecule has 4 rings (SSSR count). The smallest absolute Gasteiger partial charge is 0.264 e. The average Bonchev–Trinajstić information content (AvgIpc) is 3.52. The second-order valence-electron chi connectivity index (χ2n) is 10.6. The summed E-state index contributed by atoms with van der Waals surface area (Å²) in [5.41, 5.74) is 1.87. The third-order valence-electron chi connectivity index (χ3n) is 7.71. The van der Waals surface area contributed by atoms with Crippen LogP contribution in [0.2, 0.25) is 5.02 Å². The van der Waals surface area contributed by atoms with Gasteiger partial charge >= 0.3 is 0 Å². The zero-order valence-corrected chi connectivity index (χ0v) is 26.5. The molecule has 1 aliphatic rings. The average molecular weight is 628 g/mol. The van der Waals surface area contributed by atoms with E-state index in [-0.39, 0.29) is 29.1 Å². The van der Waals surface area contributed by atoms with Gasteiger partial charge in [-0.25, -0.2) is 8.42 Å². The lowest BCUT2D eigenvalue weighted by molar-refractivity contribution is -0.139. The number of aryl methyl sites for hydroxylation is 1. The van der Waals surface area contributed by atoms with Gasteiger partial charge in [-0.05, 0) is 62.6 Å². The van der Waals surface area contributed by atoms with Crippen molar-refractivity contribution < 1.29 is 27.5 Å². The molecular formula is C32H38ClN3O6S. The maximum Gasteiger partial charge on any atom is 0.264 e. The summed E-state index contributed by atoms with van der Waals surface area (Å²) in [5.74, 6) is -0.251. The number of carbonyl (C=O) groups excluding carboxylic acids is 2. The first-order chi connectivity index (χ1) is 20.5. The van der Waals surface area contributed by atoms with Crippen LogP contribution in [0.25, 0.3) is 0 Å². The van der Waals surface area contributed by atoms with E-state index in [4.69, 9.17) is 21.1 Å². The second kappa shape index (κ2) is 14.1. The highest BCUT2D eigenvalue weighted by atomic mass is 35.5. The van der Waals surface area contributed by atoms with E-state index in [9.17, 15) is 18.0 Å². The Hall–Kier alpha value is -3.76. The summed E-state index contributed by atoms with van der Waals surface area (Å²) in [4.78, 5) is 28.8. The number of amides is 2. The Bertz CT molecular complexity index is 1540. The fraction of sp³-hybridized carbons (Fsp3) is 0.375. The van der Waals surface area contributed by atoms with Gasteiger partial charge in [0, 0.05) is 23.7 Å². The van der Waals surface area contributed by atoms with Gasteiger partial charge in [0.25, 0.3) is 10.0 Å². The van der Waals surface area contributed by atoms with Gasteiger partial charge in [0.2, 0.25) is 11.8 Å². The van der Waals surface area contributed by atoms with E-state index >= 15 is 0 Å². The van der Waals surface area contributed by atoms with E-state index in [0.717, 1.165) is 35.6 Å². The van der Waals surface area contributed by atoms with Gasteiger partial charge in [-0.15, -0.1) is 0 Å². The quantitative estimate of drug-likeness (QED) is 0.291. The monoisotopic (exact) mass is 627 g/mol. The van der Waals surface area contributed by atoms with Crippen LogP contribution in [0, 0.1) is 6.92 Å². The summed E-state index contributed by atoms with van der Waals surface area (Å²) in [6, 6.07) is 17.4. The summed E-state index contributed by atoms with van der Waals surface area (Å²) in [7, 11) is -1.40. The van der Waals surface area contributed by atoms with E-state index in [0.29, 0.717) is 22.0 Å². The molecule has 0 aliphatic heterocycles. The fourth-order valence-electron chi connectivity index (χ4n) is 5.13. The zero-order valence-electron chi connectivity index (χ0n) is 24.9. The highest BCUT2D eigenvalue weighted by Gasteiger charge is 2.34. The fourth-order valence-corrected chi connectivity index (χ4v) is 6.75. The third kappa shape index (κ3) is 7.61. The predicted octanol–water partition coefficient (Wildman–Crippen LogP) is 5.34. The molecule has 230 valence electrons. The van der Waals surface area contributed by atoms with Crippen molar-refractivity contribution in [3.63, 3.8) is 0 Å². The molecule has 43 heavy (non-hydrogen) atoms. The first-order valence-electron chi connectivity index (χ1n) is 14.2. The van der Waals surface area contributed by atoms with E-state index in [2.05, 4.69) is 5.32 Å². The molecule has 1 N–H and O–H groups in total. The number of halogens is 1. The topological polar surface area (TPSA) is 105 Å². The standard InChI is InChI=1S/C32H38ClN3O6S/c1-22-13-15-26(16-14-22)36(43(39,40)27-17-18-29(41-3)30(19-27)42-4)21-31(37)35(20-24-9-5-8-12-28(24)33)23(2)32(38)34-25-10-6-7-11-25/h5,8-9,12-19,23,25H,6-7,10-11,20-21H2,1-4H3,(H,34,38)/t23-/m0/s1. The van der Waals surface area contributed by atoms with Gasteiger partial charge in [0.15, 0.2) is 11.5 Å². The van der Waals surface area contributed by atoms with E-state index in [1.165, 1.54) is 37.3 Å². The van der Waals surface area contributed by atoms with Gasteiger partial charge in [0.05, 0.1) is 24.8 Å². The minimum atomic E-state index is -4.28. The number of nitrogens with zero attached hydrogens (tertiary/aromatic N) is 2. The highest BCUT2D eigenvalue weighted by molar-refractivity contribution is 7.92. The first kappa shape index (κ1) is 32.2. The summed E-state index contributed by atoms with van der Waals surface area (Å²) in [6.45, 7) is 3.01. The maximum atomic E-state index is 14.1. The molecule has 0 spiro atoms. The number of carbonyl (C=O) groups is 2. The van der Waals surface area contributed by atoms with Crippen molar-refractivity contribution in [2.24, 2.45) is 0 Å². The van der Waals surface area contributed by atoms with Crippen molar-refractivity contribution in [2.75, 3.05) is 25.1 Å². The van der Waals surface area contributed by atoms with Gasteiger partial charge in [-0.1, -0.05) is 60.3 Å². The lowest BCUT2D eigenvalue weighted by Gasteiger charge is -2.32. The van der Waals surface area contributed by atoms with Crippen LogP contribution in [0.5, 0.6) is 11.5 Å². The molecule has 2 amide bonds. The molecule has 0 radical (unpaired) electrons. The Kier molecular flexibility index (Phi) is 10.6. The number of methoxy groups -OCH3 is 2. The van der Waals surface area contributed by atoms with Crippen LogP contribution in [0.4, 0.5) is 5.69 Å². The number of nitrogens with one attached hydrogen (secondary N) is 1. The number of anilines is 1. The Balaban J connectivity index is 1.72. The molecule has 0 unspecified atom stereocenters. The Labute approximate surface area is 258 Å². The van der Waals surface area contributed by atoms with Crippen molar-refractivity contribution in [3.05, 3.63) is 82.9 Å². The number of sulfonamides is 1. The molecule has 0 saturated heterocycles. The number of hydrogen-bond donors (Lipinski definition) is 1. The van der Waals surface area contributed by atoms with Crippen molar-refractivity contribution >= 4 is 39.1 Å². The first-order valence-corrected chi connectivity index (χ1v) is 16.0. The molecule has 1 fully saturated rings. The number of hydrogen-bond acceptors (Lipinski definition) is 6. The van der Waals surface area contributed by atoms with Gasteiger partial charge < -0.3 is 19.7 Å². The largest absolute Gasteiger partial charge is 0.493 e. The minimum absolute atomic E-state index is 0.0237. The number of ether oxygens (including phenoxy) is 2. The molecule has 0 aromatic heterocycles. The Morgan fingerprint density at radius 1 is 0.977 bits per heavy atom. The molecule has 0 bridgehead atoms. The summed E-state index contributed by atoms with van der Waals surface area (Å²) in [6.07, 6.45) is 3.87. The second-order valence-corrected chi connectivity index (χ2v) is 12.9. The molecule has 1 aliphatic carbocycles. The van der Waals surface area contributed by atoms with Crippen LogP contribution in [-0.4, -0.2) is 58.0 Å². The third-order valence-corrected chi connectivity index (χ3v) is 9.85. The van der Waals surface area contributed by atoms with Crippen LogP contribution in [0.15, 0.2) is 71.6 Å². The van der Waals surface area contributed by atoms with Gasteiger partial charge in [-0.3, -0.25) is 13.9 Å². The highest BCUT2D eigenvalue weighted by Crippen LogP contribution is 2.32. The van der Waals surface area contributed by atoms with E-state index in [1.807, 2.05) is 6.92 Å². The van der Waals surface area contributed by atoms with Crippen LogP contribution in [0.1, 0.15) is 43.7 Å². The van der Waals surface area contributed by atoms with Gasteiger partial charge in [0.1, 0.15) is 12.6 Å². The molecule has 3 aromatic carbocycles. The minimum Gasteiger partial charge on any atom is -0.493 e. The maximum absolute atomic E-state index is 14.1. The molecule has 1 atom stereocenters. The Morgan fingerprint density at radius 2 is 1.63 bits per heavy atom. The van der Waals surface area contributed by atoms with Gasteiger partial charge in [-0.2, -0.15) is 0 Å². The normalized spacial score (nSPS) is 14.2. The summed E-state index contributed by atoms with van der Waals surface area (Å²) < 4.78 is 40.0. The SMILES string of the molecule is COc1ccc(S(=O)(=O)N(CC(=O)N(Cc2ccccc2Cl)[C@@H](C)C(=O)NC2CCCC2)c2ccc(C)cc2)cc1OC. The summed E-state index contributed by atoms with van der Waals surface area (Å²) >= 11 is 6.45. The van der Waals surface area contributed by atoms with Crippen molar-refractivity contribution in [2.45, 2.75) is 63.1 Å². The molecule has 1 saturated carbocycles. The number of benzene rings is 3. The van der Waals surface area contributed by atoms with Crippen molar-refractivity contribution in [1.82, 2.24) is 10.2 Å². The predicted molar refractivity (Wildman–Crippen MR) is 167 cm³/mol. The van der Waals surface area contributed by atoms with Crippen molar-refractivity contribution in [1.29, 1.82) is 0 Å². The van der Waals surface area contributed by atoms with E-state index < -0.39 is 28.5 Å². The Morgan fingerprint density at radius 3 is 2.26 bits per heavy atom. The molecule has 0 heterocycles. The lowest BCUT2D eigenvalue weighted by Crippen LogP contribution is -2.52. The van der Waals surface area contributed by atoms with Crippen LogP contribution in [-0.2, 0) is 26.2 Å². The molecule has 3 aromatic rings. The zero-order chi connectivity index (χ0) is 31.1.